The molecule has 1 heterocycles. The van der Waals surface area contributed by atoms with Crippen LogP contribution in [0.15, 0.2) is 35.7 Å². The summed E-state index contributed by atoms with van der Waals surface area (Å²) in [4.78, 5) is 12.9. The van der Waals surface area contributed by atoms with E-state index in [1.165, 1.54) is 11.3 Å². The highest BCUT2D eigenvalue weighted by molar-refractivity contribution is 7.13. The molecule has 0 unspecified atom stereocenters. The van der Waals surface area contributed by atoms with Gasteiger partial charge in [-0.05, 0) is 37.4 Å². The molecule has 0 atom stereocenters. The number of thiophene rings is 1. The molecule has 0 aliphatic carbocycles. The van der Waals surface area contributed by atoms with E-state index in [1.807, 2.05) is 31.4 Å². The van der Waals surface area contributed by atoms with E-state index in [0.29, 0.717) is 21.2 Å². The summed E-state index contributed by atoms with van der Waals surface area (Å²) in [6.07, 6.45) is 0.0257. The van der Waals surface area contributed by atoms with Crippen LogP contribution in [0.2, 0.25) is 5.02 Å². The van der Waals surface area contributed by atoms with Crippen molar-refractivity contribution in [3.05, 3.63) is 51.2 Å². The number of rotatable bonds is 4. The highest BCUT2D eigenvalue weighted by atomic mass is 35.5. The Bertz CT molecular complexity index is 560. The van der Waals surface area contributed by atoms with Gasteiger partial charge in [-0.25, -0.2) is 0 Å². The average Bonchev–Trinajstić information content (AvgIpc) is 2.74. The second kappa shape index (κ2) is 5.55. The Kier molecular flexibility index (Phi) is 4.04. The largest absolute Gasteiger partial charge is 0.490 e. The van der Waals surface area contributed by atoms with Gasteiger partial charge >= 0.3 is 0 Å². The Labute approximate surface area is 115 Å². The lowest BCUT2D eigenvalue weighted by Gasteiger charge is -2.13. The molecule has 1 aromatic carbocycles. The summed E-state index contributed by atoms with van der Waals surface area (Å²) in [5.41, 5.74) is 0.551. The molecule has 0 radical (unpaired) electrons. The standard InChI is InChI=1S/C14H13ClO2S/c1-9(2)17-12-6-4-3-5-10(12)13(16)14-11(15)7-8-18-14/h3-9H,1-2H3. The number of para-hydroxylation sites is 1. The van der Waals surface area contributed by atoms with Gasteiger partial charge in [-0.1, -0.05) is 23.7 Å². The van der Waals surface area contributed by atoms with Crippen LogP contribution in [0, 0.1) is 0 Å². The third-order valence-electron chi connectivity index (χ3n) is 2.32. The van der Waals surface area contributed by atoms with Gasteiger partial charge in [-0.15, -0.1) is 11.3 Å². The van der Waals surface area contributed by atoms with Crippen molar-refractivity contribution in [2.24, 2.45) is 0 Å². The van der Waals surface area contributed by atoms with E-state index in [2.05, 4.69) is 0 Å². The Morgan fingerprint density at radius 2 is 2.00 bits per heavy atom. The smallest absolute Gasteiger partial charge is 0.208 e. The first-order chi connectivity index (χ1) is 8.59. The Balaban J connectivity index is 2.39. The van der Waals surface area contributed by atoms with E-state index in [9.17, 15) is 4.79 Å². The van der Waals surface area contributed by atoms with Crippen LogP contribution < -0.4 is 4.74 Å². The van der Waals surface area contributed by atoms with Crippen LogP contribution >= 0.6 is 22.9 Å². The van der Waals surface area contributed by atoms with Gasteiger partial charge in [0.2, 0.25) is 5.78 Å². The Morgan fingerprint density at radius 3 is 2.61 bits per heavy atom. The molecule has 0 bridgehead atoms. The van der Waals surface area contributed by atoms with Crippen LogP contribution in [-0.4, -0.2) is 11.9 Å². The molecule has 0 aliphatic rings. The topological polar surface area (TPSA) is 26.3 Å². The number of hydrogen-bond donors (Lipinski definition) is 0. The molecule has 0 N–H and O–H groups in total. The molecule has 0 amide bonds. The summed E-state index contributed by atoms with van der Waals surface area (Å²) in [5, 5.41) is 2.30. The molecule has 4 heteroatoms. The minimum absolute atomic E-state index is 0.0257. The first-order valence-electron chi connectivity index (χ1n) is 5.63. The summed E-state index contributed by atoms with van der Waals surface area (Å²) < 4.78 is 5.65. The molecule has 0 aliphatic heterocycles. The summed E-state index contributed by atoms with van der Waals surface area (Å²) in [6, 6.07) is 8.96. The van der Waals surface area contributed by atoms with Crippen LogP contribution in [-0.2, 0) is 0 Å². The fraction of sp³-hybridized carbons (Fsp3) is 0.214. The van der Waals surface area contributed by atoms with Gasteiger partial charge in [-0.3, -0.25) is 4.79 Å². The maximum Gasteiger partial charge on any atom is 0.208 e. The van der Waals surface area contributed by atoms with Crippen LogP contribution in [0.3, 0.4) is 0 Å². The molecule has 94 valence electrons. The van der Waals surface area contributed by atoms with Crippen LogP contribution in [0.1, 0.15) is 29.1 Å². The first-order valence-corrected chi connectivity index (χ1v) is 6.88. The van der Waals surface area contributed by atoms with Crippen molar-refractivity contribution in [3.8, 4) is 5.75 Å². The predicted octanol–water partition coefficient (Wildman–Crippen LogP) is 4.42. The molecule has 18 heavy (non-hydrogen) atoms. The quantitative estimate of drug-likeness (QED) is 0.775. The number of benzene rings is 1. The molecule has 2 nitrogen and oxygen atoms in total. The zero-order chi connectivity index (χ0) is 13.1. The lowest BCUT2D eigenvalue weighted by molar-refractivity contribution is 0.103. The van der Waals surface area contributed by atoms with E-state index >= 15 is 0 Å². The zero-order valence-corrected chi connectivity index (χ0v) is 11.7. The lowest BCUT2D eigenvalue weighted by Crippen LogP contribution is -2.10. The van der Waals surface area contributed by atoms with Crippen LogP contribution in [0.4, 0.5) is 0 Å². The lowest BCUT2D eigenvalue weighted by atomic mass is 10.1. The van der Waals surface area contributed by atoms with Crippen molar-refractivity contribution >= 4 is 28.7 Å². The van der Waals surface area contributed by atoms with Crippen molar-refractivity contribution in [2.45, 2.75) is 20.0 Å². The monoisotopic (exact) mass is 280 g/mol. The van der Waals surface area contributed by atoms with Crippen LogP contribution in [0.25, 0.3) is 0 Å². The van der Waals surface area contributed by atoms with Gasteiger partial charge in [0.05, 0.1) is 21.6 Å². The predicted molar refractivity (Wildman–Crippen MR) is 75.0 cm³/mol. The minimum Gasteiger partial charge on any atom is -0.490 e. The molecule has 1 aromatic heterocycles. The summed E-state index contributed by atoms with van der Waals surface area (Å²) >= 11 is 7.33. The second-order valence-corrected chi connectivity index (χ2v) is 5.41. The number of hydrogen-bond acceptors (Lipinski definition) is 3. The van der Waals surface area contributed by atoms with Crippen molar-refractivity contribution in [2.75, 3.05) is 0 Å². The number of carbonyl (C=O) groups is 1. The number of ether oxygens (including phenoxy) is 1. The van der Waals surface area contributed by atoms with E-state index in [4.69, 9.17) is 16.3 Å². The molecular weight excluding hydrogens is 268 g/mol. The molecular formula is C14H13ClO2S. The third-order valence-corrected chi connectivity index (χ3v) is 3.66. The Hall–Kier alpha value is -1.32. The van der Waals surface area contributed by atoms with E-state index in [1.54, 1.807) is 18.2 Å². The normalized spacial score (nSPS) is 10.7. The summed E-state index contributed by atoms with van der Waals surface area (Å²) in [7, 11) is 0. The van der Waals surface area contributed by atoms with Gasteiger partial charge < -0.3 is 4.74 Å². The molecule has 2 aromatic rings. The van der Waals surface area contributed by atoms with E-state index < -0.39 is 0 Å². The second-order valence-electron chi connectivity index (χ2n) is 4.09. The van der Waals surface area contributed by atoms with E-state index in [-0.39, 0.29) is 11.9 Å². The molecule has 0 spiro atoms. The van der Waals surface area contributed by atoms with Gasteiger partial charge in [0, 0.05) is 0 Å². The molecule has 2 rings (SSSR count). The van der Waals surface area contributed by atoms with Crippen molar-refractivity contribution in [1.29, 1.82) is 0 Å². The SMILES string of the molecule is CC(C)Oc1ccccc1C(=O)c1sccc1Cl. The Morgan fingerprint density at radius 1 is 1.28 bits per heavy atom. The van der Waals surface area contributed by atoms with Gasteiger partial charge in [0.1, 0.15) is 5.75 Å². The van der Waals surface area contributed by atoms with Crippen molar-refractivity contribution in [3.63, 3.8) is 0 Å². The van der Waals surface area contributed by atoms with E-state index in [0.717, 1.165) is 0 Å². The molecule has 0 fully saturated rings. The minimum atomic E-state index is -0.0914. The van der Waals surface area contributed by atoms with Crippen molar-refractivity contribution < 1.29 is 9.53 Å². The number of carbonyl (C=O) groups excluding carboxylic acids is 1. The average molecular weight is 281 g/mol. The maximum atomic E-state index is 12.4. The number of ketones is 1. The molecule has 0 saturated carbocycles. The fourth-order valence-electron chi connectivity index (χ4n) is 1.59. The molecule has 0 saturated heterocycles. The van der Waals surface area contributed by atoms with Gasteiger partial charge in [-0.2, -0.15) is 0 Å². The number of halogens is 1. The summed E-state index contributed by atoms with van der Waals surface area (Å²) in [5.74, 6) is 0.508. The fourth-order valence-corrected chi connectivity index (χ4v) is 2.68. The van der Waals surface area contributed by atoms with Gasteiger partial charge in [0.25, 0.3) is 0 Å². The van der Waals surface area contributed by atoms with Crippen LogP contribution in [0.5, 0.6) is 5.75 Å². The first kappa shape index (κ1) is 13.1. The van der Waals surface area contributed by atoms with Crippen molar-refractivity contribution in [1.82, 2.24) is 0 Å². The highest BCUT2D eigenvalue weighted by Gasteiger charge is 2.18. The highest BCUT2D eigenvalue weighted by Crippen LogP contribution is 2.29. The zero-order valence-electron chi connectivity index (χ0n) is 10.1. The maximum absolute atomic E-state index is 12.4. The summed E-state index contributed by atoms with van der Waals surface area (Å²) in [6.45, 7) is 3.86. The van der Waals surface area contributed by atoms with Gasteiger partial charge in [0.15, 0.2) is 0 Å². The third kappa shape index (κ3) is 2.74.